The van der Waals surface area contributed by atoms with Gasteiger partial charge in [0.25, 0.3) is 0 Å². The minimum Gasteiger partial charge on any atom is -0.423 e. The van der Waals surface area contributed by atoms with Gasteiger partial charge in [-0.25, -0.2) is 16.8 Å². The first-order valence-corrected chi connectivity index (χ1v) is 15.3. The van der Waals surface area contributed by atoms with E-state index < -0.39 is 31.4 Å². The Morgan fingerprint density at radius 2 is 1.31 bits per heavy atom. The Bertz CT molecular complexity index is 1820. The minimum absolute atomic E-state index is 0.0139. The normalized spacial score (nSPS) is 11.9. The highest BCUT2D eigenvalue weighted by Gasteiger charge is 2.32. The average Bonchev–Trinajstić information content (AvgIpc) is 3.53. The highest BCUT2D eigenvalue weighted by molar-refractivity contribution is 7.92. The molecule has 0 fully saturated rings. The fourth-order valence-corrected chi connectivity index (χ4v) is 6.41. The zero-order valence-corrected chi connectivity index (χ0v) is 22.9. The molecule has 10 nitrogen and oxygen atoms in total. The van der Waals surface area contributed by atoms with Crippen molar-refractivity contribution >= 4 is 48.7 Å². The van der Waals surface area contributed by atoms with Crippen molar-refractivity contribution in [2.75, 3.05) is 4.72 Å². The molecule has 5 aromatic rings. The van der Waals surface area contributed by atoms with Crippen molar-refractivity contribution in [2.24, 2.45) is 0 Å². The van der Waals surface area contributed by atoms with Crippen LogP contribution in [0, 0.1) is 0 Å². The standard InChI is InChI=1S/C25H18Cl2N4O6S2/c26-18-8-6-17(7-9-18)24-25(23(30-37-24)16-4-2-1-3-5-16)38(32,33)14-21-28-29-22(36-21)15-39(34,35)31-20-12-10-19(27)11-13-20/h1-13,31H,14-15H2. The van der Waals surface area contributed by atoms with Crippen molar-refractivity contribution in [3.63, 3.8) is 0 Å². The van der Waals surface area contributed by atoms with Crippen LogP contribution in [0.2, 0.25) is 10.0 Å². The lowest BCUT2D eigenvalue weighted by Gasteiger charge is -2.06. The van der Waals surface area contributed by atoms with E-state index in [2.05, 4.69) is 20.1 Å². The molecule has 1 N–H and O–H groups in total. The van der Waals surface area contributed by atoms with Gasteiger partial charge in [0.05, 0.1) is 0 Å². The summed E-state index contributed by atoms with van der Waals surface area (Å²) in [4.78, 5) is -0.173. The summed E-state index contributed by atoms with van der Waals surface area (Å²) in [5.74, 6) is -1.95. The number of halogens is 2. The van der Waals surface area contributed by atoms with Gasteiger partial charge in [0.1, 0.15) is 22.1 Å². The van der Waals surface area contributed by atoms with Crippen LogP contribution in [0.15, 0.2) is 92.7 Å². The zero-order chi connectivity index (χ0) is 27.6. The second-order valence-electron chi connectivity index (χ2n) is 8.28. The lowest BCUT2D eigenvalue weighted by molar-refractivity contribution is 0.433. The molecule has 14 heteroatoms. The Labute approximate surface area is 233 Å². The van der Waals surface area contributed by atoms with Crippen LogP contribution in [-0.2, 0) is 31.4 Å². The monoisotopic (exact) mass is 604 g/mol. The van der Waals surface area contributed by atoms with E-state index in [9.17, 15) is 16.8 Å². The van der Waals surface area contributed by atoms with Crippen LogP contribution in [0.1, 0.15) is 11.8 Å². The number of rotatable bonds is 9. The van der Waals surface area contributed by atoms with Crippen molar-refractivity contribution in [1.82, 2.24) is 15.4 Å². The van der Waals surface area contributed by atoms with Crippen molar-refractivity contribution < 1.29 is 25.8 Å². The summed E-state index contributed by atoms with van der Waals surface area (Å²) >= 11 is 11.8. The van der Waals surface area contributed by atoms with Crippen LogP contribution in [0.4, 0.5) is 5.69 Å². The van der Waals surface area contributed by atoms with Crippen molar-refractivity contribution in [1.29, 1.82) is 0 Å². The SMILES string of the molecule is O=S(=O)(Cc1nnc(CS(=O)(=O)c2c(-c3ccccc3)noc2-c2ccc(Cl)cc2)o1)Nc1ccc(Cl)cc1. The van der Waals surface area contributed by atoms with E-state index in [0.29, 0.717) is 21.2 Å². The summed E-state index contributed by atoms with van der Waals surface area (Å²) in [6.45, 7) is 0. The second-order valence-corrected chi connectivity index (χ2v) is 12.8. The first-order valence-electron chi connectivity index (χ1n) is 11.2. The largest absolute Gasteiger partial charge is 0.423 e. The van der Waals surface area contributed by atoms with Crippen LogP contribution < -0.4 is 4.72 Å². The number of nitrogens with zero attached hydrogens (tertiary/aromatic N) is 3. The molecule has 200 valence electrons. The Hall–Kier alpha value is -3.71. The summed E-state index contributed by atoms with van der Waals surface area (Å²) in [6.07, 6.45) is 0. The molecular formula is C25H18Cl2N4O6S2. The van der Waals surface area contributed by atoms with Gasteiger partial charge in [0.15, 0.2) is 15.6 Å². The van der Waals surface area contributed by atoms with E-state index in [-0.39, 0.29) is 33.8 Å². The van der Waals surface area contributed by atoms with Gasteiger partial charge in [0.2, 0.25) is 21.8 Å². The molecule has 3 aromatic carbocycles. The van der Waals surface area contributed by atoms with Gasteiger partial charge in [-0.3, -0.25) is 4.72 Å². The molecule has 0 atom stereocenters. The van der Waals surface area contributed by atoms with Crippen molar-refractivity contribution in [2.45, 2.75) is 16.4 Å². The number of hydrogen-bond donors (Lipinski definition) is 1. The van der Waals surface area contributed by atoms with Crippen LogP contribution in [-0.4, -0.2) is 32.2 Å². The van der Waals surface area contributed by atoms with Gasteiger partial charge in [-0.15, -0.1) is 10.2 Å². The molecule has 0 amide bonds. The number of hydrogen-bond acceptors (Lipinski definition) is 9. The van der Waals surface area contributed by atoms with Gasteiger partial charge < -0.3 is 8.94 Å². The van der Waals surface area contributed by atoms with Crippen molar-refractivity contribution in [3.8, 4) is 22.6 Å². The van der Waals surface area contributed by atoms with Crippen LogP contribution in [0.25, 0.3) is 22.6 Å². The fourth-order valence-electron chi connectivity index (χ4n) is 3.67. The lowest BCUT2D eigenvalue weighted by Crippen LogP contribution is -2.15. The third-order valence-electron chi connectivity index (χ3n) is 5.37. The predicted molar refractivity (Wildman–Crippen MR) is 145 cm³/mol. The number of benzene rings is 3. The van der Waals surface area contributed by atoms with Gasteiger partial charge >= 0.3 is 0 Å². The molecule has 0 bridgehead atoms. The molecule has 0 saturated heterocycles. The first kappa shape index (κ1) is 26.9. The van der Waals surface area contributed by atoms with E-state index in [1.807, 2.05) is 0 Å². The fraction of sp³-hybridized carbons (Fsp3) is 0.0800. The maximum atomic E-state index is 13.7. The summed E-state index contributed by atoms with van der Waals surface area (Å²) in [5, 5.41) is 12.4. The minimum atomic E-state index is -4.18. The van der Waals surface area contributed by atoms with Gasteiger partial charge in [-0.2, -0.15) is 0 Å². The number of sulfone groups is 1. The lowest BCUT2D eigenvalue weighted by atomic mass is 10.1. The van der Waals surface area contributed by atoms with E-state index in [1.165, 1.54) is 24.3 Å². The Balaban J connectivity index is 1.43. The highest BCUT2D eigenvalue weighted by Crippen LogP contribution is 2.37. The third kappa shape index (κ3) is 6.31. The van der Waals surface area contributed by atoms with E-state index in [4.69, 9.17) is 32.1 Å². The molecule has 0 unspecified atom stereocenters. The van der Waals surface area contributed by atoms with Crippen LogP contribution in [0.5, 0.6) is 0 Å². The number of sulfonamides is 1. The molecule has 0 saturated carbocycles. The topological polar surface area (TPSA) is 145 Å². The van der Waals surface area contributed by atoms with E-state index >= 15 is 0 Å². The predicted octanol–water partition coefficient (Wildman–Crippen LogP) is 5.61. The van der Waals surface area contributed by atoms with Gasteiger partial charge in [-0.1, -0.05) is 58.7 Å². The smallest absolute Gasteiger partial charge is 0.241 e. The molecule has 2 aromatic heterocycles. The molecule has 0 aliphatic rings. The van der Waals surface area contributed by atoms with E-state index in [1.54, 1.807) is 54.6 Å². The molecule has 0 aliphatic carbocycles. The second kappa shape index (κ2) is 10.8. The summed E-state index contributed by atoms with van der Waals surface area (Å²) in [5.41, 5.74) is 1.36. The zero-order valence-electron chi connectivity index (χ0n) is 19.8. The van der Waals surface area contributed by atoms with Crippen LogP contribution in [0.3, 0.4) is 0 Å². The van der Waals surface area contributed by atoms with Crippen molar-refractivity contribution in [3.05, 3.63) is 101 Å². The summed E-state index contributed by atoms with van der Waals surface area (Å²) in [6, 6.07) is 21.1. The van der Waals surface area contributed by atoms with Crippen LogP contribution >= 0.6 is 23.2 Å². The quantitative estimate of drug-likeness (QED) is 0.226. The Morgan fingerprint density at radius 1 is 0.718 bits per heavy atom. The first-order chi connectivity index (χ1) is 18.6. The Kier molecular flexibility index (Phi) is 7.45. The molecule has 0 aliphatic heterocycles. The molecule has 5 rings (SSSR count). The molecular weight excluding hydrogens is 587 g/mol. The Morgan fingerprint density at radius 3 is 1.95 bits per heavy atom. The summed E-state index contributed by atoms with van der Waals surface area (Å²) in [7, 11) is -8.12. The molecule has 0 spiro atoms. The molecule has 2 heterocycles. The van der Waals surface area contributed by atoms with Gasteiger partial charge in [-0.05, 0) is 48.5 Å². The van der Waals surface area contributed by atoms with Gasteiger partial charge in [0, 0.05) is 26.9 Å². The number of anilines is 1. The number of aromatic nitrogens is 3. The maximum Gasteiger partial charge on any atom is 0.241 e. The highest BCUT2D eigenvalue weighted by atomic mass is 35.5. The van der Waals surface area contributed by atoms with E-state index in [0.717, 1.165) is 0 Å². The summed E-state index contributed by atoms with van der Waals surface area (Å²) < 4.78 is 65.7. The average molecular weight is 605 g/mol. The number of nitrogens with one attached hydrogen (secondary N) is 1. The third-order valence-corrected chi connectivity index (χ3v) is 8.67. The maximum absolute atomic E-state index is 13.7. The molecule has 0 radical (unpaired) electrons. The molecule has 39 heavy (non-hydrogen) atoms.